The fraction of sp³-hybridized carbons (Fsp3) is 0. The van der Waals surface area contributed by atoms with Gasteiger partial charge in [0.05, 0.1) is 22.1 Å². The molecule has 0 bridgehead atoms. The third-order valence-corrected chi connectivity index (χ3v) is 11.0. The minimum atomic E-state index is 1.15. The van der Waals surface area contributed by atoms with Gasteiger partial charge in [0.25, 0.3) is 0 Å². The molecule has 11 rings (SSSR count). The molecule has 252 valence electrons. The van der Waals surface area contributed by atoms with Crippen LogP contribution in [0.2, 0.25) is 0 Å². The molecular weight excluding hydrogens is 653 g/mol. The summed E-state index contributed by atoms with van der Waals surface area (Å²) in [6.07, 6.45) is 0. The second-order valence-electron chi connectivity index (χ2n) is 14.2. The Bertz CT molecular complexity index is 3130. The van der Waals surface area contributed by atoms with Crippen molar-refractivity contribution in [2.24, 2.45) is 0 Å². The van der Waals surface area contributed by atoms with Crippen molar-refractivity contribution < 1.29 is 0 Å². The molecule has 0 fully saturated rings. The van der Waals surface area contributed by atoms with E-state index < -0.39 is 0 Å². The molecule has 0 spiro atoms. The zero-order chi connectivity index (χ0) is 35.6. The van der Waals surface area contributed by atoms with Crippen LogP contribution >= 0.6 is 0 Å². The predicted octanol–water partition coefficient (Wildman–Crippen LogP) is 14.0. The molecule has 2 heterocycles. The minimum absolute atomic E-state index is 1.15. The topological polar surface area (TPSA) is 9.86 Å². The molecule has 0 saturated carbocycles. The predicted molar refractivity (Wildman–Crippen MR) is 229 cm³/mol. The molecule has 2 heteroatoms. The van der Waals surface area contributed by atoms with E-state index in [1.54, 1.807) is 0 Å². The van der Waals surface area contributed by atoms with Crippen LogP contribution in [0, 0.1) is 0 Å². The summed E-state index contributed by atoms with van der Waals surface area (Å²) in [4.78, 5) is 0. The Morgan fingerprint density at radius 3 is 1.22 bits per heavy atom. The number of benzene rings is 9. The number of hydrogen-bond acceptors (Lipinski definition) is 0. The van der Waals surface area contributed by atoms with Crippen LogP contribution in [0.15, 0.2) is 206 Å². The van der Waals surface area contributed by atoms with Gasteiger partial charge in [-0.2, -0.15) is 0 Å². The Balaban J connectivity index is 1.16. The highest BCUT2D eigenvalue weighted by atomic mass is 15.0. The van der Waals surface area contributed by atoms with E-state index in [1.165, 1.54) is 87.8 Å². The minimum Gasteiger partial charge on any atom is -0.309 e. The summed E-state index contributed by atoms with van der Waals surface area (Å²) in [5.74, 6) is 0. The lowest BCUT2D eigenvalue weighted by Gasteiger charge is -2.14. The maximum absolute atomic E-state index is 2.47. The molecule has 0 aliphatic carbocycles. The van der Waals surface area contributed by atoms with E-state index in [0.29, 0.717) is 0 Å². The smallest absolute Gasteiger partial charge is 0.0548 e. The van der Waals surface area contributed by atoms with Crippen LogP contribution < -0.4 is 0 Å². The standard InChI is InChI=1S/C52H34N2/c1-4-14-35(15-5-1)38-24-25-40-30-43(27-26-39(40)28-38)53-49-22-12-10-20-45(49)47-34-52-48(33-51(47)53)46-21-11-13-23-50(46)54(52)44-31-41(36-16-6-2-7-17-36)29-42(32-44)37-18-8-3-9-19-37/h1-34H. The Kier molecular flexibility index (Phi) is 6.90. The molecule has 0 aliphatic rings. The van der Waals surface area contributed by atoms with Gasteiger partial charge in [0.15, 0.2) is 0 Å². The van der Waals surface area contributed by atoms with E-state index >= 15 is 0 Å². The summed E-state index contributed by atoms with van der Waals surface area (Å²) in [6.45, 7) is 0. The zero-order valence-electron chi connectivity index (χ0n) is 29.5. The Labute approximate surface area is 313 Å². The fourth-order valence-corrected chi connectivity index (χ4v) is 8.50. The Hall–Kier alpha value is -7.16. The van der Waals surface area contributed by atoms with Crippen LogP contribution in [-0.2, 0) is 0 Å². The van der Waals surface area contributed by atoms with Gasteiger partial charge in [-0.15, -0.1) is 0 Å². The van der Waals surface area contributed by atoms with Crippen molar-refractivity contribution in [1.82, 2.24) is 9.13 Å². The van der Waals surface area contributed by atoms with Crippen LogP contribution in [0.4, 0.5) is 0 Å². The van der Waals surface area contributed by atoms with Gasteiger partial charge >= 0.3 is 0 Å². The number of aromatic nitrogens is 2. The summed E-state index contributed by atoms with van der Waals surface area (Å²) in [5, 5.41) is 7.42. The van der Waals surface area contributed by atoms with E-state index in [-0.39, 0.29) is 0 Å². The van der Waals surface area contributed by atoms with Crippen LogP contribution in [-0.4, -0.2) is 9.13 Å². The van der Waals surface area contributed by atoms with Crippen LogP contribution in [0.3, 0.4) is 0 Å². The van der Waals surface area contributed by atoms with Crippen molar-refractivity contribution in [3.05, 3.63) is 206 Å². The fourth-order valence-electron chi connectivity index (χ4n) is 8.50. The second kappa shape index (κ2) is 12.2. The highest BCUT2D eigenvalue weighted by molar-refractivity contribution is 6.19. The molecule has 0 aliphatic heterocycles. The lowest BCUT2D eigenvalue weighted by molar-refractivity contribution is 1.18. The molecule has 0 saturated heterocycles. The van der Waals surface area contributed by atoms with Crippen LogP contribution in [0.25, 0.3) is 99.1 Å². The van der Waals surface area contributed by atoms with Crippen molar-refractivity contribution in [1.29, 1.82) is 0 Å². The van der Waals surface area contributed by atoms with E-state index in [1.807, 2.05) is 0 Å². The number of nitrogens with zero attached hydrogens (tertiary/aromatic N) is 2. The molecule has 11 aromatic rings. The summed E-state index contributed by atoms with van der Waals surface area (Å²) in [7, 11) is 0. The Morgan fingerprint density at radius 1 is 0.222 bits per heavy atom. The summed E-state index contributed by atoms with van der Waals surface area (Å²) >= 11 is 0. The molecule has 54 heavy (non-hydrogen) atoms. The molecule has 0 N–H and O–H groups in total. The Morgan fingerprint density at radius 2 is 0.667 bits per heavy atom. The molecule has 2 nitrogen and oxygen atoms in total. The van der Waals surface area contributed by atoms with Crippen LogP contribution in [0.1, 0.15) is 0 Å². The van der Waals surface area contributed by atoms with E-state index in [4.69, 9.17) is 0 Å². The SMILES string of the molecule is c1ccc(-c2cc(-c3ccccc3)cc(-n3c4ccccc4c4cc5c(cc43)c3ccccc3n5-c3ccc4cc(-c5ccccc5)ccc4c3)c2)cc1. The molecule has 0 unspecified atom stereocenters. The first kappa shape index (κ1) is 30.5. The first-order valence-electron chi connectivity index (χ1n) is 18.6. The normalized spacial score (nSPS) is 11.7. The van der Waals surface area contributed by atoms with Gasteiger partial charge in [0, 0.05) is 32.9 Å². The third kappa shape index (κ3) is 4.88. The monoisotopic (exact) mass is 686 g/mol. The molecule has 9 aromatic carbocycles. The average molecular weight is 687 g/mol. The van der Waals surface area contributed by atoms with E-state index in [2.05, 4.69) is 215 Å². The van der Waals surface area contributed by atoms with Gasteiger partial charge in [0.1, 0.15) is 0 Å². The number of hydrogen-bond donors (Lipinski definition) is 0. The van der Waals surface area contributed by atoms with Gasteiger partial charge in [-0.25, -0.2) is 0 Å². The quantitative estimate of drug-likeness (QED) is 0.171. The summed E-state index contributed by atoms with van der Waals surface area (Å²) in [5.41, 5.74) is 14.4. The molecule has 0 amide bonds. The molecule has 2 aromatic heterocycles. The lowest BCUT2D eigenvalue weighted by atomic mass is 9.98. The van der Waals surface area contributed by atoms with Gasteiger partial charge in [0.2, 0.25) is 0 Å². The molecular formula is C52H34N2. The van der Waals surface area contributed by atoms with Crippen molar-refractivity contribution in [3.8, 4) is 44.8 Å². The average Bonchev–Trinajstić information content (AvgIpc) is 3.75. The number of para-hydroxylation sites is 2. The van der Waals surface area contributed by atoms with Gasteiger partial charge in [-0.1, -0.05) is 146 Å². The van der Waals surface area contributed by atoms with Gasteiger partial charge < -0.3 is 9.13 Å². The number of fused-ring (bicyclic) bond motifs is 7. The van der Waals surface area contributed by atoms with Gasteiger partial charge in [-0.3, -0.25) is 0 Å². The van der Waals surface area contributed by atoms with Gasteiger partial charge in [-0.05, 0) is 105 Å². The molecule has 0 atom stereocenters. The third-order valence-electron chi connectivity index (χ3n) is 11.0. The van der Waals surface area contributed by atoms with Crippen molar-refractivity contribution in [2.45, 2.75) is 0 Å². The van der Waals surface area contributed by atoms with Crippen molar-refractivity contribution >= 4 is 54.4 Å². The highest BCUT2D eigenvalue weighted by Crippen LogP contribution is 2.41. The van der Waals surface area contributed by atoms with Crippen molar-refractivity contribution in [3.63, 3.8) is 0 Å². The summed E-state index contributed by atoms with van der Waals surface area (Å²) < 4.78 is 4.92. The number of rotatable bonds is 5. The molecule has 0 radical (unpaired) electrons. The first-order valence-corrected chi connectivity index (χ1v) is 18.6. The van der Waals surface area contributed by atoms with E-state index in [0.717, 1.165) is 11.4 Å². The maximum atomic E-state index is 2.47. The second-order valence-corrected chi connectivity index (χ2v) is 14.2. The van der Waals surface area contributed by atoms with Crippen molar-refractivity contribution in [2.75, 3.05) is 0 Å². The summed E-state index contributed by atoms with van der Waals surface area (Å²) in [6, 6.07) is 75.3. The highest BCUT2D eigenvalue weighted by Gasteiger charge is 2.19. The zero-order valence-corrected chi connectivity index (χ0v) is 29.5. The van der Waals surface area contributed by atoms with Crippen LogP contribution in [0.5, 0.6) is 0 Å². The lowest BCUT2D eigenvalue weighted by Crippen LogP contribution is -1.96. The largest absolute Gasteiger partial charge is 0.309 e. The van der Waals surface area contributed by atoms with E-state index in [9.17, 15) is 0 Å². The first-order chi connectivity index (χ1) is 26.8. The maximum Gasteiger partial charge on any atom is 0.0548 e.